The Kier molecular flexibility index (Phi) is 4.68. The lowest BCUT2D eigenvalue weighted by atomic mass is 10.1. The normalized spacial score (nSPS) is 16.1. The summed E-state index contributed by atoms with van der Waals surface area (Å²) in [6, 6.07) is 6.24. The molecule has 0 atom stereocenters. The van der Waals surface area contributed by atoms with E-state index in [0.29, 0.717) is 31.7 Å². The lowest BCUT2D eigenvalue weighted by Crippen LogP contribution is -2.50. The van der Waals surface area contributed by atoms with E-state index >= 15 is 0 Å². The van der Waals surface area contributed by atoms with Gasteiger partial charge in [0.05, 0.1) is 13.0 Å². The van der Waals surface area contributed by atoms with Crippen LogP contribution in [0.3, 0.4) is 0 Å². The van der Waals surface area contributed by atoms with Gasteiger partial charge in [-0.2, -0.15) is 0 Å². The van der Waals surface area contributed by atoms with Crippen LogP contribution in [0.25, 0.3) is 0 Å². The van der Waals surface area contributed by atoms with Gasteiger partial charge in [0.15, 0.2) is 0 Å². The van der Waals surface area contributed by atoms with E-state index in [1.54, 1.807) is 28.0 Å². The Hall–Kier alpha value is -1.95. The molecule has 0 aromatic heterocycles. The van der Waals surface area contributed by atoms with Gasteiger partial charge in [-0.1, -0.05) is 18.2 Å². The topological polar surface area (TPSA) is 60.9 Å². The molecule has 6 heteroatoms. The molecule has 0 bridgehead atoms. The highest BCUT2D eigenvalue weighted by molar-refractivity contribution is 5.79. The summed E-state index contributed by atoms with van der Waals surface area (Å²) < 4.78 is 13.5. The summed E-state index contributed by atoms with van der Waals surface area (Å²) in [5.74, 6) is -1.36. The zero-order chi connectivity index (χ0) is 14.5. The first-order chi connectivity index (χ1) is 9.56. The molecule has 0 unspecified atom stereocenters. The van der Waals surface area contributed by atoms with Gasteiger partial charge in [0.2, 0.25) is 5.91 Å². The van der Waals surface area contributed by atoms with Gasteiger partial charge in [0, 0.05) is 26.2 Å². The second-order valence-corrected chi connectivity index (χ2v) is 4.82. The Morgan fingerprint density at radius 2 is 1.80 bits per heavy atom. The fourth-order valence-electron chi connectivity index (χ4n) is 2.26. The molecule has 1 aliphatic heterocycles. The fraction of sp³-hybridized carbons (Fsp3) is 0.429. The highest BCUT2D eigenvalue weighted by Crippen LogP contribution is 2.10. The summed E-state index contributed by atoms with van der Waals surface area (Å²) in [5.41, 5.74) is 0.394. The monoisotopic (exact) mass is 280 g/mol. The van der Waals surface area contributed by atoms with Gasteiger partial charge >= 0.3 is 5.97 Å². The molecule has 1 heterocycles. The molecule has 1 saturated heterocycles. The Morgan fingerprint density at radius 1 is 1.15 bits per heavy atom. The van der Waals surface area contributed by atoms with Crippen LogP contribution in [0.5, 0.6) is 0 Å². The number of carbonyl (C=O) groups excluding carboxylic acids is 1. The van der Waals surface area contributed by atoms with E-state index in [1.807, 2.05) is 0 Å². The predicted octanol–water partition coefficient (Wildman–Crippen LogP) is 0.597. The molecular weight excluding hydrogens is 263 g/mol. The smallest absolute Gasteiger partial charge is 0.317 e. The number of carbonyl (C=O) groups is 2. The Balaban J connectivity index is 1.86. The number of piperazine rings is 1. The summed E-state index contributed by atoms with van der Waals surface area (Å²) in [5, 5.41) is 8.70. The van der Waals surface area contributed by atoms with Crippen LogP contribution in [0.2, 0.25) is 0 Å². The first-order valence-corrected chi connectivity index (χ1v) is 6.51. The van der Waals surface area contributed by atoms with Crippen molar-refractivity contribution in [2.24, 2.45) is 0 Å². The van der Waals surface area contributed by atoms with Crippen LogP contribution in [-0.2, 0) is 16.0 Å². The molecular formula is C14H17FN2O3. The minimum atomic E-state index is -0.865. The molecule has 1 aromatic rings. The third-order valence-corrected chi connectivity index (χ3v) is 3.38. The molecule has 0 aliphatic carbocycles. The van der Waals surface area contributed by atoms with Gasteiger partial charge < -0.3 is 10.0 Å². The van der Waals surface area contributed by atoms with E-state index < -0.39 is 5.97 Å². The van der Waals surface area contributed by atoms with Crippen molar-refractivity contribution in [3.63, 3.8) is 0 Å². The minimum absolute atomic E-state index is 0.00462. The number of hydrogen-bond acceptors (Lipinski definition) is 3. The third-order valence-electron chi connectivity index (χ3n) is 3.38. The first kappa shape index (κ1) is 14.5. The standard InChI is InChI=1S/C14H17FN2O3/c15-12-4-2-1-3-11(12)9-13(18)17-7-5-16(6-8-17)10-14(19)20/h1-4H,5-10H2,(H,19,20). The minimum Gasteiger partial charge on any atom is -0.480 e. The second kappa shape index (κ2) is 6.47. The van der Waals surface area contributed by atoms with Gasteiger partial charge in [-0.05, 0) is 11.6 Å². The van der Waals surface area contributed by atoms with Crippen molar-refractivity contribution >= 4 is 11.9 Å². The lowest BCUT2D eigenvalue weighted by Gasteiger charge is -2.33. The zero-order valence-electron chi connectivity index (χ0n) is 11.1. The van der Waals surface area contributed by atoms with Crippen molar-refractivity contribution in [3.05, 3.63) is 35.6 Å². The van der Waals surface area contributed by atoms with E-state index in [2.05, 4.69) is 0 Å². The van der Waals surface area contributed by atoms with Crippen molar-refractivity contribution in [1.29, 1.82) is 0 Å². The molecule has 0 spiro atoms. The van der Waals surface area contributed by atoms with Crippen molar-refractivity contribution < 1.29 is 19.1 Å². The summed E-state index contributed by atoms with van der Waals surface area (Å²) in [6.07, 6.45) is 0.0472. The molecule has 2 rings (SSSR count). The lowest BCUT2D eigenvalue weighted by molar-refractivity contribution is -0.139. The maximum Gasteiger partial charge on any atom is 0.317 e. The number of aliphatic carboxylic acids is 1. The average molecular weight is 280 g/mol. The van der Waals surface area contributed by atoms with Crippen LogP contribution >= 0.6 is 0 Å². The van der Waals surface area contributed by atoms with Gasteiger partial charge in [-0.3, -0.25) is 14.5 Å². The van der Waals surface area contributed by atoms with Crippen LogP contribution in [0.15, 0.2) is 24.3 Å². The predicted molar refractivity (Wildman–Crippen MR) is 70.8 cm³/mol. The number of carboxylic acid groups (broad SMARTS) is 1. The van der Waals surface area contributed by atoms with Crippen LogP contribution < -0.4 is 0 Å². The number of rotatable bonds is 4. The molecule has 0 radical (unpaired) electrons. The second-order valence-electron chi connectivity index (χ2n) is 4.82. The number of nitrogens with zero attached hydrogens (tertiary/aromatic N) is 2. The molecule has 1 aliphatic rings. The van der Waals surface area contributed by atoms with Gasteiger partial charge in [-0.25, -0.2) is 4.39 Å². The molecule has 1 N–H and O–H groups in total. The van der Waals surface area contributed by atoms with E-state index in [1.165, 1.54) is 6.07 Å². The van der Waals surface area contributed by atoms with E-state index in [9.17, 15) is 14.0 Å². The van der Waals surface area contributed by atoms with E-state index in [-0.39, 0.29) is 24.7 Å². The SMILES string of the molecule is O=C(O)CN1CCN(C(=O)Cc2ccccc2F)CC1. The highest BCUT2D eigenvalue weighted by atomic mass is 19.1. The number of halogens is 1. The average Bonchev–Trinajstić information content (AvgIpc) is 2.41. The van der Waals surface area contributed by atoms with Crippen molar-refractivity contribution in [2.45, 2.75) is 6.42 Å². The van der Waals surface area contributed by atoms with Crippen molar-refractivity contribution in [1.82, 2.24) is 9.80 Å². The van der Waals surface area contributed by atoms with Crippen LogP contribution in [0.1, 0.15) is 5.56 Å². The van der Waals surface area contributed by atoms with Gasteiger partial charge in [-0.15, -0.1) is 0 Å². The molecule has 0 saturated carbocycles. The van der Waals surface area contributed by atoms with Crippen molar-refractivity contribution in [2.75, 3.05) is 32.7 Å². The Bertz CT molecular complexity index is 499. The molecule has 1 amide bonds. The number of hydrogen-bond donors (Lipinski definition) is 1. The molecule has 5 nitrogen and oxygen atoms in total. The summed E-state index contributed by atoms with van der Waals surface area (Å²) in [6.45, 7) is 2.04. The largest absolute Gasteiger partial charge is 0.480 e. The van der Waals surface area contributed by atoms with Gasteiger partial charge in [0.1, 0.15) is 5.82 Å². The summed E-state index contributed by atoms with van der Waals surface area (Å²) in [7, 11) is 0. The maximum absolute atomic E-state index is 13.5. The molecule has 108 valence electrons. The van der Waals surface area contributed by atoms with Crippen LogP contribution in [0, 0.1) is 5.82 Å². The van der Waals surface area contributed by atoms with Crippen molar-refractivity contribution in [3.8, 4) is 0 Å². The number of amides is 1. The summed E-state index contributed by atoms with van der Waals surface area (Å²) in [4.78, 5) is 26.1. The summed E-state index contributed by atoms with van der Waals surface area (Å²) >= 11 is 0. The maximum atomic E-state index is 13.5. The Morgan fingerprint density at radius 3 is 2.40 bits per heavy atom. The Labute approximate surface area is 116 Å². The molecule has 1 fully saturated rings. The van der Waals surface area contributed by atoms with E-state index in [4.69, 9.17) is 5.11 Å². The first-order valence-electron chi connectivity index (χ1n) is 6.51. The number of carboxylic acids is 1. The van der Waals surface area contributed by atoms with E-state index in [0.717, 1.165) is 0 Å². The molecule has 20 heavy (non-hydrogen) atoms. The highest BCUT2D eigenvalue weighted by Gasteiger charge is 2.22. The van der Waals surface area contributed by atoms with Crippen LogP contribution in [0.4, 0.5) is 4.39 Å². The molecule has 1 aromatic carbocycles. The zero-order valence-corrected chi connectivity index (χ0v) is 11.1. The number of benzene rings is 1. The third kappa shape index (κ3) is 3.77. The fourth-order valence-corrected chi connectivity index (χ4v) is 2.26. The quantitative estimate of drug-likeness (QED) is 0.877. The van der Waals surface area contributed by atoms with Crippen LogP contribution in [-0.4, -0.2) is 59.5 Å². The van der Waals surface area contributed by atoms with Gasteiger partial charge in [0.25, 0.3) is 0 Å².